The van der Waals surface area contributed by atoms with E-state index in [2.05, 4.69) is 93.5 Å². The first-order valence-electron chi connectivity index (χ1n) is 6.86. The first kappa shape index (κ1) is 15.7. The van der Waals surface area contributed by atoms with Crippen molar-refractivity contribution in [2.75, 3.05) is 6.54 Å². The third-order valence-electron chi connectivity index (χ3n) is 3.24. The molecule has 2 aromatic rings. The van der Waals surface area contributed by atoms with E-state index in [1.165, 1.54) is 16.7 Å². The van der Waals surface area contributed by atoms with Crippen LogP contribution in [0.1, 0.15) is 36.1 Å². The number of benzene rings is 2. The van der Waals surface area contributed by atoms with Gasteiger partial charge in [-0.3, -0.25) is 0 Å². The summed E-state index contributed by atoms with van der Waals surface area (Å²) in [5, 5.41) is 3.65. The van der Waals surface area contributed by atoms with Crippen LogP contribution in [0.3, 0.4) is 0 Å². The van der Waals surface area contributed by atoms with E-state index < -0.39 is 0 Å². The summed E-state index contributed by atoms with van der Waals surface area (Å²) in [6.45, 7) is 5.32. The molecule has 2 aromatic carbocycles. The quantitative estimate of drug-likeness (QED) is 0.692. The standard InChI is InChI=1S/C17H19Br2N/c1-3-9-20-17(13-6-4-5-12(2)10-13)15-11-14(18)7-8-16(15)19/h4-8,10-11,17,20H,3,9H2,1-2H3. The van der Waals surface area contributed by atoms with E-state index in [1.54, 1.807) is 0 Å². The van der Waals surface area contributed by atoms with Crippen molar-refractivity contribution < 1.29 is 0 Å². The van der Waals surface area contributed by atoms with E-state index in [9.17, 15) is 0 Å². The molecular weight excluding hydrogens is 378 g/mol. The molecule has 1 N–H and O–H groups in total. The summed E-state index contributed by atoms with van der Waals surface area (Å²) < 4.78 is 2.24. The van der Waals surface area contributed by atoms with Crippen molar-refractivity contribution in [2.45, 2.75) is 26.3 Å². The number of aryl methyl sites for hydroxylation is 1. The molecule has 0 bridgehead atoms. The highest BCUT2D eigenvalue weighted by atomic mass is 79.9. The Balaban J connectivity index is 2.44. The molecule has 0 saturated heterocycles. The van der Waals surface area contributed by atoms with Crippen molar-refractivity contribution >= 4 is 31.9 Å². The Kier molecular flexibility index (Phi) is 5.82. The molecule has 0 aliphatic rings. The van der Waals surface area contributed by atoms with Gasteiger partial charge in [0.15, 0.2) is 0 Å². The third kappa shape index (κ3) is 3.94. The van der Waals surface area contributed by atoms with Gasteiger partial charge in [0, 0.05) is 8.95 Å². The van der Waals surface area contributed by atoms with E-state index in [-0.39, 0.29) is 6.04 Å². The van der Waals surface area contributed by atoms with Gasteiger partial charge >= 0.3 is 0 Å². The lowest BCUT2D eigenvalue weighted by atomic mass is 9.97. The van der Waals surface area contributed by atoms with Gasteiger partial charge in [-0.05, 0) is 49.2 Å². The molecule has 0 fully saturated rings. The van der Waals surface area contributed by atoms with Gasteiger partial charge < -0.3 is 5.32 Å². The second-order valence-electron chi connectivity index (χ2n) is 4.97. The summed E-state index contributed by atoms with van der Waals surface area (Å²) in [5.41, 5.74) is 3.85. The average Bonchev–Trinajstić information content (AvgIpc) is 2.43. The minimum Gasteiger partial charge on any atom is -0.306 e. The highest BCUT2D eigenvalue weighted by Gasteiger charge is 2.16. The maximum Gasteiger partial charge on any atom is 0.0588 e. The second kappa shape index (κ2) is 7.39. The molecule has 1 nitrogen and oxygen atoms in total. The van der Waals surface area contributed by atoms with Crippen LogP contribution in [-0.4, -0.2) is 6.54 Å². The van der Waals surface area contributed by atoms with Crippen molar-refractivity contribution in [1.29, 1.82) is 0 Å². The largest absolute Gasteiger partial charge is 0.306 e. The molecule has 0 aliphatic carbocycles. The molecule has 1 unspecified atom stereocenters. The Morgan fingerprint density at radius 3 is 2.60 bits per heavy atom. The van der Waals surface area contributed by atoms with Gasteiger partial charge in [0.1, 0.15) is 0 Å². The van der Waals surface area contributed by atoms with Gasteiger partial charge in [-0.15, -0.1) is 0 Å². The van der Waals surface area contributed by atoms with E-state index >= 15 is 0 Å². The fourth-order valence-electron chi connectivity index (χ4n) is 2.28. The first-order valence-corrected chi connectivity index (χ1v) is 8.45. The molecule has 0 radical (unpaired) electrons. The SMILES string of the molecule is CCCNC(c1cccc(C)c1)c1cc(Br)ccc1Br. The molecule has 2 rings (SSSR count). The highest BCUT2D eigenvalue weighted by molar-refractivity contribution is 9.11. The summed E-state index contributed by atoms with van der Waals surface area (Å²) >= 11 is 7.25. The van der Waals surface area contributed by atoms with E-state index in [0.29, 0.717) is 0 Å². The monoisotopic (exact) mass is 395 g/mol. The average molecular weight is 397 g/mol. The number of halogens is 2. The summed E-state index contributed by atoms with van der Waals surface area (Å²) in [6, 6.07) is 15.2. The predicted octanol–water partition coefficient (Wildman–Crippen LogP) is 5.61. The number of hydrogen-bond donors (Lipinski definition) is 1. The molecule has 0 aliphatic heterocycles. The zero-order valence-electron chi connectivity index (χ0n) is 11.8. The third-order valence-corrected chi connectivity index (χ3v) is 4.46. The summed E-state index contributed by atoms with van der Waals surface area (Å²) in [4.78, 5) is 0. The summed E-state index contributed by atoms with van der Waals surface area (Å²) in [5.74, 6) is 0. The van der Waals surface area contributed by atoms with Gasteiger partial charge in [0.25, 0.3) is 0 Å². The van der Waals surface area contributed by atoms with Crippen LogP contribution in [0.4, 0.5) is 0 Å². The van der Waals surface area contributed by atoms with Gasteiger partial charge in [0.05, 0.1) is 6.04 Å². The van der Waals surface area contributed by atoms with E-state index in [4.69, 9.17) is 0 Å². The molecule has 1 atom stereocenters. The smallest absolute Gasteiger partial charge is 0.0588 e. The van der Waals surface area contributed by atoms with Gasteiger partial charge in [-0.25, -0.2) is 0 Å². The molecule has 20 heavy (non-hydrogen) atoms. The number of hydrogen-bond acceptors (Lipinski definition) is 1. The fourth-order valence-corrected chi connectivity index (χ4v) is 3.14. The van der Waals surface area contributed by atoms with Crippen molar-refractivity contribution in [3.63, 3.8) is 0 Å². The minimum atomic E-state index is 0.210. The summed E-state index contributed by atoms with van der Waals surface area (Å²) in [6.07, 6.45) is 1.12. The lowest BCUT2D eigenvalue weighted by molar-refractivity contribution is 0.596. The second-order valence-corrected chi connectivity index (χ2v) is 6.74. The van der Waals surface area contributed by atoms with E-state index in [1.807, 2.05) is 0 Å². The topological polar surface area (TPSA) is 12.0 Å². The normalized spacial score (nSPS) is 12.4. The Hall–Kier alpha value is -0.640. The first-order chi connectivity index (χ1) is 9.61. The van der Waals surface area contributed by atoms with Crippen LogP contribution in [0.25, 0.3) is 0 Å². The van der Waals surface area contributed by atoms with Crippen LogP contribution in [0.2, 0.25) is 0 Å². The maximum atomic E-state index is 3.68. The maximum absolute atomic E-state index is 3.68. The molecular formula is C17H19Br2N. The Labute approximate surface area is 138 Å². The lowest BCUT2D eigenvalue weighted by Crippen LogP contribution is -2.23. The van der Waals surface area contributed by atoms with Crippen LogP contribution in [0.5, 0.6) is 0 Å². The number of nitrogens with one attached hydrogen (secondary N) is 1. The van der Waals surface area contributed by atoms with Gasteiger partial charge in [-0.1, -0.05) is 68.6 Å². The van der Waals surface area contributed by atoms with Gasteiger partial charge in [-0.2, -0.15) is 0 Å². The van der Waals surface area contributed by atoms with Crippen molar-refractivity contribution in [3.05, 3.63) is 68.1 Å². The Bertz CT molecular complexity index is 581. The Morgan fingerprint density at radius 1 is 1.10 bits per heavy atom. The van der Waals surface area contributed by atoms with Crippen LogP contribution in [0.15, 0.2) is 51.4 Å². The molecule has 0 amide bonds. The molecule has 106 valence electrons. The van der Waals surface area contributed by atoms with E-state index in [0.717, 1.165) is 21.9 Å². The molecule has 0 saturated carbocycles. The minimum absolute atomic E-state index is 0.210. The zero-order chi connectivity index (χ0) is 14.5. The van der Waals surface area contributed by atoms with Crippen LogP contribution < -0.4 is 5.32 Å². The molecule has 3 heteroatoms. The van der Waals surface area contributed by atoms with Crippen molar-refractivity contribution in [2.24, 2.45) is 0 Å². The molecule has 0 spiro atoms. The number of rotatable bonds is 5. The molecule has 0 aromatic heterocycles. The summed E-state index contributed by atoms with van der Waals surface area (Å²) in [7, 11) is 0. The van der Waals surface area contributed by atoms with Crippen molar-refractivity contribution in [3.8, 4) is 0 Å². The highest BCUT2D eigenvalue weighted by Crippen LogP contribution is 2.31. The predicted molar refractivity (Wildman–Crippen MR) is 93.2 cm³/mol. The van der Waals surface area contributed by atoms with Crippen LogP contribution in [0, 0.1) is 6.92 Å². The Morgan fingerprint density at radius 2 is 1.90 bits per heavy atom. The van der Waals surface area contributed by atoms with Crippen LogP contribution in [-0.2, 0) is 0 Å². The molecule has 0 heterocycles. The zero-order valence-corrected chi connectivity index (χ0v) is 15.0. The lowest BCUT2D eigenvalue weighted by Gasteiger charge is -2.21. The van der Waals surface area contributed by atoms with Crippen LogP contribution >= 0.6 is 31.9 Å². The van der Waals surface area contributed by atoms with Crippen molar-refractivity contribution in [1.82, 2.24) is 5.32 Å². The fraction of sp³-hybridized carbons (Fsp3) is 0.294. The van der Waals surface area contributed by atoms with Gasteiger partial charge in [0.2, 0.25) is 0 Å².